The number of rotatable bonds is 5. The molecule has 3 aromatic rings. The second-order valence-corrected chi connectivity index (χ2v) is 5.93. The van der Waals surface area contributed by atoms with Crippen molar-refractivity contribution in [3.63, 3.8) is 0 Å². The van der Waals surface area contributed by atoms with Gasteiger partial charge in [0.15, 0.2) is 5.82 Å². The van der Waals surface area contributed by atoms with Crippen molar-refractivity contribution in [2.45, 2.75) is 13.0 Å². The van der Waals surface area contributed by atoms with Crippen molar-refractivity contribution in [3.05, 3.63) is 59.2 Å². The molecule has 0 spiro atoms. The van der Waals surface area contributed by atoms with Gasteiger partial charge in [0.2, 0.25) is 5.91 Å². The van der Waals surface area contributed by atoms with Gasteiger partial charge in [0.05, 0.1) is 10.6 Å². The summed E-state index contributed by atoms with van der Waals surface area (Å²) in [6, 6.07) is 8.03. The van der Waals surface area contributed by atoms with Crippen molar-refractivity contribution in [2.75, 3.05) is 5.32 Å². The first-order valence-electron chi connectivity index (χ1n) is 7.25. The van der Waals surface area contributed by atoms with Crippen LogP contribution >= 0.6 is 11.3 Å². The zero-order valence-corrected chi connectivity index (χ0v) is 13.7. The number of nitrogens with one attached hydrogen (secondary N) is 2. The number of thiophene rings is 1. The first-order chi connectivity index (χ1) is 11.6. The van der Waals surface area contributed by atoms with Crippen LogP contribution in [-0.4, -0.2) is 32.6 Å². The molecule has 0 saturated heterocycles. The fourth-order valence-electron chi connectivity index (χ4n) is 2.05. The van der Waals surface area contributed by atoms with E-state index < -0.39 is 6.04 Å². The van der Waals surface area contributed by atoms with Crippen molar-refractivity contribution in [3.8, 4) is 5.82 Å². The number of hydrogen-bond acceptors (Lipinski definition) is 5. The molecular weight excluding hydrogens is 326 g/mol. The van der Waals surface area contributed by atoms with Gasteiger partial charge in [-0.05, 0) is 36.6 Å². The average Bonchev–Trinajstić information content (AvgIpc) is 3.29. The van der Waals surface area contributed by atoms with E-state index in [1.807, 2.05) is 5.38 Å². The monoisotopic (exact) mass is 341 g/mol. The minimum absolute atomic E-state index is 0.272. The van der Waals surface area contributed by atoms with E-state index in [1.54, 1.807) is 60.5 Å². The number of hydrogen-bond donors (Lipinski definition) is 2. The first-order valence-corrected chi connectivity index (χ1v) is 8.13. The molecule has 3 aromatic heterocycles. The Bertz CT molecular complexity index is 830. The van der Waals surface area contributed by atoms with Crippen molar-refractivity contribution in [1.82, 2.24) is 20.1 Å². The minimum Gasteiger partial charge on any atom is -0.340 e. The molecule has 0 aliphatic heterocycles. The maximum absolute atomic E-state index is 12.4. The van der Waals surface area contributed by atoms with E-state index >= 15 is 0 Å². The number of anilines is 1. The molecule has 0 fully saturated rings. The van der Waals surface area contributed by atoms with E-state index in [-0.39, 0.29) is 11.8 Å². The number of carbonyl (C=O) groups excluding carboxylic acids is 2. The molecular formula is C16H15N5O2S. The smallest absolute Gasteiger partial charge is 0.261 e. The summed E-state index contributed by atoms with van der Waals surface area (Å²) in [4.78, 5) is 29.2. The zero-order valence-electron chi connectivity index (χ0n) is 12.8. The summed E-state index contributed by atoms with van der Waals surface area (Å²) in [6.45, 7) is 1.63. The Morgan fingerprint density at radius 3 is 2.79 bits per heavy atom. The molecule has 1 atom stereocenters. The first kappa shape index (κ1) is 15.9. The minimum atomic E-state index is -0.690. The average molecular weight is 341 g/mol. The van der Waals surface area contributed by atoms with Crippen LogP contribution in [0, 0.1) is 0 Å². The molecule has 7 nitrogen and oxygen atoms in total. The van der Waals surface area contributed by atoms with Crippen LogP contribution in [0.15, 0.2) is 54.3 Å². The van der Waals surface area contributed by atoms with Crippen LogP contribution < -0.4 is 10.6 Å². The Kier molecular flexibility index (Phi) is 4.66. The van der Waals surface area contributed by atoms with Gasteiger partial charge in [0.25, 0.3) is 5.91 Å². The normalized spacial score (nSPS) is 11.7. The lowest BCUT2D eigenvalue weighted by Gasteiger charge is -2.15. The molecule has 0 aromatic carbocycles. The Labute approximate surface area is 142 Å². The predicted molar refractivity (Wildman–Crippen MR) is 91.2 cm³/mol. The van der Waals surface area contributed by atoms with Gasteiger partial charge in [-0.25, -0.2) is 9.67 Å². The van der Waals surface area contributed by atoms with Gasteiger partial charge in [-0.1, -0.05) is 6.07 Å². The molecule has 2 N–H and O–H groups in total. The Morgan fingerprint density at radius 1 is 1.21 bits per heavy atom. The fraction of sp³-hybridized carbons (Fsp3) is 0.125. The van der Waals surface area contributed by atoms with Crippen LogP contribution in [0.4, 0.5) is 5.69 Å². The number of aromatic nitrogens is 3. The largest absolute Gasteiger partial charge is 0.340 e. The summed E-state index contributed by atoms with van der Waals surface area (Å²) >= 11 is 1.32. The van der Waals surface area contributed by atoms with E-state index in [0.717, 1.165) is 0 Å². The molecule has 0 aliphatic carbocycles. The van der Waals surface area contributed by atoms with Gasteiger partial charge in [-0.3, -0.25) is 9.59 Å². The standard InChI is InChI=1S/C16H15N5O2S/c1-11(19-16(23)13-6-3-10-24-13)15(22)20-12-5-2-7-17-14(12)21-9-4-8-18-21/h2-11H,1H3,(H,19,23)(H,20,22)/t11-/m1/s1. The molecule has 3 rings (SSSR count). The molecule has 8 heteroatoms. The van der Waals surface area contributed by atoms with Gasteiger partial charge < -0.3 is 10.6 Å². The molecule has 3 heterocycles. The summed E-state index contributed by atoms with van der Waals surface area (Å²) in [5.41, 5.74) is 0.517. The maximum atomic E-state index is 12.4. The number of pyridine rings is 1. The summed E-state index contributed by atoms with van der Waals surface area (Å²) in [7, 11) is 0. The SMILES string of the molecule is C[C@@H](NC(=O)c1cccs1)C(=O)Nc1cccnc1-n1cccn1. The lowest BCUT2D eigenvalue weighted by Crippen LogP contribution is -2.41. The summed E-state index contributed by atoms with van der Waals surface area (Å²) in [5, 5.41) is 11.4. The summed E-state index contributed by atoms with van der Waals surface area (Å²) < 4.78 is 1.56. The zero-order chi connectivity index (χ0) is 16.9. The van der Waals surface area contributed by atoms with Crippen LogP contribution in [-0.2, 0) is 4.79 Å². The van der Waals surface area contributed by atoms with Crippen LogP contribution in [0.3, 0.4) is 0 Å². The molecule has 122 valence electrons. The van der Waals surface area contributed by atoms with Crippen LogP contribution in [0.25, 0.3) is 5.82 Å². The van der Waals surface area contributed by atoms with Crippen molar-refractivity contribution in [2.24, 2.45) is 0 Å². The van der Waals surface area contributed by atoms with E-state index in [4.69, 9.17) is 0 Å². The van der Waals surface area contributed by atoms with Gasteiger partial charge in [-0.2, -0.15) is 5.10 Å². The highest BCUT2D eigenvalue weighted by molar-refractivity contribution is 7.12. The van der Waals surface area contributed by atoms with Gasteiger partial charge in [0, 0.05) is 18.6 Å². The quantitative estimate of drug-likeness (QED) is 0.744. The maximum Gasteiger partial charge on any atom is 0.261 e. The molecule has 0 bridgehead atoms. The van der Waals surface area contributed by atoms with E-state index in [9.17, 15) is 9.59 Å². The molecule has 0 aliphatic rings. The van der Waals surface area contributed by atoms with Gasteiger partial charge in [0.1, 0.15) is 6.04 Å². The molecule has 0 saturated carbocycles. The second-order valence-electron chi connectivity index (χ2n) is 4.99. The summed E-state index contributed by atoms with van der Waals surface area (Å²) in [6.07, 6.45) is 4.98. The molecule has 0 unspecified atom stereocenters. The number of nitrogens with zero attached hydrogens (tertiary/aromatic N) is 3. The second kappa shape index (κ2) is 7.05. The van der Waals surface area contributed by atoms with Crippen LogP contribution in [0.5, 0.6) is 0 Å². The highest BCUT2D eigenvalue weighted by Crippen LogP contribution is 2.16. The third kappa shape index (κ3) is 3.49. The topological polar surface area (TPSA) is 88.9 Å². The highest BCUT2D eigenvalue weighted by atomic mass is 32.1. The van der Waals surface area contributed by atoms with Gasteiger partial charge >= 0.3 is 0 Å². The van der Waals surface area contributed by atoms with Crippen LogP contribution in [0.2, 0.25) is 0 Å². The highest BCUT2D eigenvalue weighted by Gasteiger charge is 2.18. The molecule has 2 amide bonds. The number of carbonyl (C=O) groups is 2. The summed E-state index contributed by atoms with van der Waals surface area (Å²) in [5.74, 6) is -0.0971. The predicted octanol–water partition coefficient (Wildman–Crippen LogP) is 2.09. The number of amides is 2. The fourth-order valence-corrected chi connectivity index (χ4v) is 2.68. The van der Waals surface area contributed by atoms with Gasteiger partial charge in [-0.15, -0.1) is 11.3 Å². The van der Waals surface area contributed by atoms with Crippen LogP contribution in [0.1, 0.15) is 16.6 Å². The van der Waals surface area contributed by atoms with E-state index in [1.165, 1.54) is 11.3 Å². The van der Waals surface area contributed by atoms with E-state index in [0.29, 0.717) is 16.4 Å². The third-order valence-electron chi connectivity index (χ3n) is 3.25. The third-order valence-corrected chi connectivity index (χ3v) is 4.12. The molecule has 0 radical (unpaired) electrons. The lowest BCUT2D eigenvalue weighted by atomic mass is 10.2. The van der Waals surface area contributed by atoms with Crippen molar-refractivity contribution >= 4 is 28.8 Å². The van der Waals surface area contributed by atoms with Crippen molar-refractivity contribution < 1.29 is 9.59 Å². The Balaban J connectivity index is 1.70. The van der Waals surface area contributed by atoms with E-state index in [2.05, 4.69) is 20.7 Å². The lowest BCUT2D eigenvalue weighted by molar-refractivity contribution is -0.117. The Hall–Kier alpha value is -3.00. The Morgan fingerprint density at radius 2 is 2.08 bits per heavy atom. The van der Waals surface area contributed by atoms with Crippen molar-refractivity contribution in [1.29, 1.82) is 0 Å². The molecule has 24 heavy (non-hydrogen) atoms.